The van der Waals surface area contributed by atoms with Gasteiger partial charge in [0.15, 0.2) is 0 Å². The number of carbonyl (C=O) groups is 1. The van der Waals surface area contributed by atoms with Gasteiger partial charge in [0.05, 0.1) is 23.9 Å². The van der Waals surface area contributed by atoms with Gasteiger partial charge >= 0.3 is 13.1 Å². The van der Waals surface area contributed by atoms with Gasteiger partial charge in [0.2, 0.25) is 0 Å². The van der Waals surface area contributed by atoms with Gasteiger partial charge in [0.1, 0.15) is 6.10 Å². The fraction of sp³-hybridized carbons (Fsp3) is 0.667. The Morgan fingerprint density at radius 1 is 1.33 bits per heavy atom. The third-order valence-electron chi connectivity index (χ3n) is 7.05. The molecule has 0 amide bonds. The number of methoxy groups -OCH3 is 1. The molecule has 1 saturated heterocycles. The second-order valence-electron chi connectivity index (χ2n) is 9.10. The number of rotatable bonds is 5. The van der Waals surface area contributed by atoms with E-state index in [1.54, 1.807) is 13.2 Å². The summed E-state index contributed by atoms with van der Waals surface area (Å²) in [7, 11) is 1.16. The van der Waals surface area contributed by atoms with Gasteiger partial charge in [0, 0.05) is 7.11 Å². The summed E-state index contributed by atoms with van der Waals surface area (Å²) >= 11 is 0. The molecule has 3 saturated carbocycles. The smallest absolute Gasteiger partial charge is 0.457 e. The van der Waals surface area contributed by atoms with E-state index in [2.05, 4.69) is 20.8 Å². The lowest BCUT2D eigenvalue weighted by atomic mass is 9.43. The minimum atomic E-state index is -0.431. The summed E-state index contributed by atoms with van der Waals surface area (Å²) in [6.07, 6.45) is 2.10. The fourth-order valence-electron chi connectivity index (χ4n) is 5.34. The molecule has 5 rings (SSSR count). The second-order valence-corrected chi connectivity index (χ2v) is 9.10. The molecule has 2 bridgehead atoms. The zero-order valence-electron chi connectivity index (χ0n) is 16.9. The van der Waals surface area contributed by atoms with Crippen LogP contribution in [-0.2, 0) is 18.8 Å². The van der Waals surface area contributed by atoms with E-state index in [1.165, 1.54) is 6.42 Å². The summed E-state index contributed by atoms with van der Waals surface area (Å²) < 4.78 is 23.2. The third kappa shape index (κ3) is 3.02. The van der Waals surface area contributed by atoms with Crippen molar-refractivity contribution in [2.24, 2.45) is 17.3 Å². The molecule has 1 aliphatic heterocycles. The zero-order chi connectivity index (χ0) is 19.4. The average Bonchev–Trinajstić information content (AvgIpc) is 2.99. The lowest BCUT2D eigenvalue weighted by molar-refractivity contribution is -0.199. The average molecular weight is 372 g/mol. The molecule has 4 fully saturated rings. The van der Waals surface area contributed by atoms with Gasteiger partial charge in [-0.15, -0.1) is 0 Å². The highest BCUT2D eigenvalue weighted by Gasteiger charge is 2.67. The molecule has 27 heavy (non-hydrogen) atoms. The van der Waals surface area contributed by atoms with E-state index in [1.807, 2.05) is 25.1 Å². The summed E-state index contributed by atoms with van der Waals surface area (Å²) in [5, 5.41) is 0. The summed E-state index contributed by atoms with van der Waals surface area (Å²) in [4.78, 5) is 12.4. The first-order valence-corrected chi connectivity index (χ1v) is 9.89. The number of hydrogen-bond donors (Lipinski definition) is 0. The van der Waals surface area contributed by atoms with Gasteiger partial charge in [-0.2, -0.15) is 0 Å². The monoisotopic (exact) mass is 372 g/mol. The van der Waals surface area contributed by atoms with Crippen molar-refractivity contribution in [3.63, 3.8) is 0 Å². The number of carbonyl (C=O) groups excluding carboxylic acids is 1. The maximum Gasteiger partial charge on any atom is 0.494 e. The predicted molar refractivity (Wildman–Crippen MR) is 103 cm³/mol. The molecule has 6 heteroatoms. The minimum Gasteiger partial charge on any atom is -0.457 e. The molecule has 0 aromatic heterocycles. The highest BCUT2D eigenvalue weighted by molar-refractivity contribution is 6.62. The van der Waals surface area contributed by atoms with E-state index < -0.39 is 7.12 Å². The van der Waals surface area contributed by atoms with Gasteiger partial charge in [-0.3, -0.25) is 0 Å². The van der Waals surface area contributed by atoms with Crippen LogP contribution in [0.25, 0.3) is 0 Å². The van der Waals surface area contributed by atoms with E-state index in [0.717, 1.165) is 11.9 Å². The van der Waals surface area contributed by atoms with Gasteiger partial charge in [-0.1, -0.05) is 26.0 Å². The van der Waals surface area contributed by atoms with Crippen molar-refractivity contribution < 1.29 is 23.6 Å². The first-order valence-electron chi connectivity index (χ1n) is 9.89. The summed E-state index contributed by atoms with van der Waals surface area (Å²) in [5.74, 6) is 0.875. The Kier molecular flexibility index (Phi) is 4.64. The largest absolute Gasteiger partial charge is 0.494 e. The van der Waals surface area contributed by atoms with E-state index in [9.17, 15) is 4.79 Å². The molecular weight excluding hydrogens is 343 g/mol. The molecule has 146 valence electrons. The normalized spacial score (nSPS) is 34.6. The van der Waals surface area contributed by atoms with E-state index in [4.69, 9.17) is 18.8 Å². The molecule has 1 aromatic carbocycles. The van der Waals surface area contributed by atoms with Crippen LogP contribution in [-0.4, -0.2) is 44.6 Å². The molecule has 5 unspecified atom stereocenters. The molecule has 0 radical (unpaired) electrons. The van der Waals surface area contributed by atoms with Gasteiger partial charge in [-0.05, 0) is 61.5 Å². The highest BCUT2D eigenvalue weighted by atomic mass is 16.7. The minimum absolute atomic E-state index is 0.122. The molecule has 0 N–H and O–H groups in total. The Morgan fingerprint density at radius 2 is 2.11 bits per heavy atom. The Bertz CT molecular complexity index is 735. The van der Waals surface area contributed by atoms with Crippen molar-refractivity contribution in [1.82, 2.24) is 0 Å². The maximum atomic E-state index is 12.4. The molecule has 4 aliphatic rings. The lowest BCUT2D eigenvalue weighted by Crippen LogP contribution is -2.65. The first-order chi connectivity index (χ1) is 12.8. The van der Waals surface area contributed by atoms with Crippen molar-refractivity contribution in [3.8, 4) is 0 Å². The Balaban J connectivity index is 1.50. The van der Waals surface area contributed by atoms with Crippen LogP contribution in [0.2, 0.25) is 0 Å². The van der Waals surface area contributed by atoms with E-state index in [-0.39, 0.29) is 23.8 Å². The number of benzene rings is 1. The van der Waals surface area contributed by atoms with Crippen LogP contribution in [0.5, 0.6) is 0 Å². The first kappa shape index (κ1) is 19.0. The molecule has 5 atom stereocenters. The van der Waals surface area contributed by atoms with Crippen LogP contribution < -0.4 is 5.46 Å². The second kappa shape index (κ2) is 6.61. The molecule has 5 nitrogen and oxygen atoms in total. The SMILES string of the molecule is COCC(C)OC(=O)c1cccc(B2OC3CC4CC(C4(C)C)C3(C)O2)c1. The van der Waals surface area contributed by atoms with Crippen molar-refractivity contribution in [1.29, 1.82) is 0 Å². The number of ether oxygens (including phenoxy) is 2. The molecule has 1 aromatic rings. The van der Waals surface area contributed by atoms with Crippen molar-refractivity contribution in [2.75, 3.05) is 13.7 Å². The predicted octanol–water partition coefficient (Wildman–Crippen LogP) is 2.81. The van der Waals surface area contributed by atoms with Crippen LogP contribution in [0.15, 0.2) is 24.3 Å². The Morgan fingerprint density at radius 3 is 2.81 bits per heavy atom. The van der Waals surface area contributed by atoms with Gasteiger partial charge in [0.25, 0.3) is 0 Å². The quantitative estimate of drug-likeness (QED) is 0.588. The Labute approximate surface area is 161 Å². The van der Waals surface area contributed by atoms with Gasteiger partial charge < -0.3 is 18.8 Å². The van der Waals surface area contributed by atoms with Crippen LogP contribution in [0.3, 0.4) is 0 Å². The van der Waals surface area contributed by atoms with Crippen LogP contribution in [0, 0.1) is 17.3 Å². The van der Waals surface area contributed by atoms with Crippen LogP contribution in [0.1, 0.15) is 50.9 Å². The summed E-state index contributed by atoms with van der Waals surface area (Å²) in [6, 6.07) is 7.39. The number of esters is 1. The van der Waals surface area contributed by atoms with Crippen molar-refractivity contribution in [2.45, 2.75) is 58.3 Å². The van der Waals surface area contributed by atoms with Gasteiger partial charge in [-0.25, -0.2) is 4.79 Å². The lowest BCUT2D eigenvalue weighted by Gasteiger charge is -2.64. The summed E-state index contributed by atoms with van der Waals surface area (Å²) in [6.45, 7) is 9.08. The topological polar surface area (TPSA) is 54.0 Å². The van der Waals surface area contributed by atoms with Crippen LogP contribution in [0.4, 0.5) is 0 Å². The number of hydrogen-bond acceptors (Lipinski definition) is 5. The highest BCUT2D eigenvalue weighted by Crippen LogP contribution is 2.65. The van der Waals surface area contributed by atoms with Crippen molar-refractivity contribution >= 4 is 18.6 Å². The molecule has 3 aliphatic carbocycles. The van der Waals surface area contributed by atoms with E-state index >= 15 is 0 Å². The standard InChI is InChI=1S/C21H29BO5/c1-13(12-24-5)25-19(23)14-7-6-8-16(9-14)22-26-18-11-15-10-17(20(15,2)3)21(18,4)27-22/h6-9,13,15,17-18H,10-12H2,1-5H3. The Hall–Kier alpha value is -1.37. The van der Waals surface area contributed by atoms with Crippen molar-refractivity contribution in [3.05, 3.63) is 29.8 Å². The fourth-order valence-corrected chi connectivity index (χ4v) is 5.34. The third-order valence-corrected chi connectivity index (χ3v) is 7.05. The molecule has 0 spiro atoms. The molecular formula is C21H29BO5. The van der Waals surface area contributed by atoms with Crippen LogP contribution >= 0.6 is 0 Å². The van der Waals surface area contributed by atoms with E-state index in [0.29, 0.717) is 29.4 Å². The maximum absolute atomic E-state index is 12.4. The zero-order valence-corrected chi connectivity index (χ0v) is 16.9. The molecule has 1 heterocycles. The summed E-state index contributed by atoms with van der Waals surface area (Å²) in [5.41, 5.74) is 1.43.